The van der Waals surface area contributed by atoms with Gasteiger partial charge in [-0.3, -0.25) is 0 Å². The topological polar surface area (TPSA) is 87.6 Å². The van der Waals surface area contributed by atoms with E-state index in [2.05, 4.69) is 33.9 Å². The van der Waals surface area contributed by atoms with Gasteiger partial charge in [0.25, 0.3) is 0 Å². The Morgan fingerprint density at radius 3 is 2.72 bits per heavy atom. The molecule has 6 heteroatoms. The fraction of sp³-hybridized carbons (Fsp3) is 0.583. The minimum Gasteiger partial charge on any atom is -0.409 e. The smallest absolute Gasteiger partial charge is 0.226 e. The molecule has 0 aliphatic heterocycles. The molecule has 0 atom stereocenters. The van der Waals surface area contributed by atoms with Gasteiger partial charge in [-0.05, 0) is 26.3 Å². The average Bonchev–Trinajstić information content (AvgIpc) is 2.38. The van der Waals surface area contributed by atoms with Gasteiger partial charge in [-0.25, -0.2) is 9.97 Å². The SMILES string of the molecule is CCCCN(CC)c1nc(C)cc(/C(N)=N/O)n1. The standard InChI is InChI=1S/C12H21N5O/c1-4-6-7-17(5-2)12-14-9(3)8-10(15-12)11(13)16-18/h8,18H,4-7H2,1-3H3,(H2,13,16). The molecule has 0 fully saturated rings. The first-order valence-electron chi connectivity index (χ1n) is 6.20. The number of amidine groups is 1. The lowest BCUT2D eigenvalue weighted by Gasteiger charge is -2.21. The van der Waals surface area contributed by atoms with Crippen LogP contribution in [0.5, 0.6) is 0 Å². The van der Waals surface area contributed by atoms with Gasteiger partial charge >= 0.3 is 0 Å². The van der Waals surface area contributed by atoms with E-state index in [1.807, 2.05) is 6.92 Å². The molecule has 6 nitrogen and oxygen atoms in total. The van der Waals surface area contributed by atoms with E-state index in [4.69, 9.17) is 10.9 Å². The van der Waals surface area contributed by atoms with Crippen molar-refractivity contribution in [3.05, 3.63) is 17.5 Å². The van der Waals surface area contributed by atoms with Gasteiger partial charge in [-0.15, -0.1) is 0 Å². The first-order chi connectivity index (χ1) is 8.62. The second-order valence-electron chi connectivity index (χ2n) is 4.11. The zero-order valence-electron chi connectivity index (χ0n) is 11.2. The molecular weight excluding hydrogens is 230 g/mol. The first kappa shape index (κ1) is 14.2. The summed E-state index contributed by atoms with van der Waals surface area (Å²) in [5.74, 6) is 0.640. The fourth-order valence-corrected chi connectivity index (χ4v) is 1.63. The van der Waals surface area contributed by atoms with Crippen molar-refractivity contribution in [2.24, 2.45) is 10.9 Å². The molecule has 0 aliphatic rings. The lowest BCUT2D eigenvalue weighted by molar-refractivity contribution is 0.318. The summed E-state index contributed by atoms with van der Waals surface area (Å²) >= 11 is 0. The minimum absolute atomic E-state index is 0.00768. The van der Waals surface area contributed by atoms with Gasteiger partial charge in [0.15, 0.2) is 5.84 Å². The Morgan fingerprint density at radius 2 is 2.17 bits per heavy atom. The zero-order valence-corrected chi connectivity index (χ0v) is 11.2. The van der Waals surface area contributed by atoms with E-state index >= 15 is 0 Å². The molecular formula is C12H21N5O. The lowest BCUT2D eigenvalue weighted by atomic mass is 10.3. The molecule has 1 aromatic rings. The summed E-state index contributed by atoms with van der Waals surface area (Å²) in [6.07, 6.45) is 2.21. The summed E-state index contributed by atoms with van der Waals surface area (Å²) in [5.41, 5.74) is 6.82. The summed E-state index contributed by atoms with van der Waals surface area (Å²) in [7, 11) is 0. The van der Waals surface area contributed by atoms with Crippen LogP contribution in [0.2, 0.25) is 0 Å². The summed E-state index contributed by atoms with van der Waals surface area (Å²) < 4.78 is 0. The summed E-state index contributed by atoms with van der Waals surface area (Å²) in [4.78, 5) is 10.8. The number of aryl methyl sites for hydroxylation is 1. The molecule has 0 radical (unpaired) electrons. The average molecular weight is 251 g/mol. The van der Waals surface area contributed by atoms with Gasteiger partial charge in [0.2, 0.25) is 5.95 Å². The summed E-state index contributed by atoms with van der Waals surface area (Å²) in [5, 5.41) is 11.7. The summed E-state index contributed by atoms with van der Waals surface area (Å²) in [6.45, 7) is 7.81. The molecule has 0 aliphatic carbocycles. The molecule has 0 unspecified atom stereocenters. The highest BCUT2D eigenvalue weighted by Gasteiger charge is 2.11. The van der Waals surface area contributed by atoms with Crippen LogP contribution >= 0.6 is 0 Å². The first-order valence-corrected chi connectivity index (χ1v) is 6.20. The van der Waals surface area contributed by atoms with E-state index in [0.717, 1.165) is 31.6 Å². The largest absolute Gasteiger partial charge is 0.409 e. The Hall–Kier alpha value is -1.85. The molecule has 1 rings (SSSR count). The van der Waals surface area contributed by atoms with Crippen LogP contribution in [0.15, 0.2) is 11.2 Å². The monoisotopic (exact) mass is 251 g/mol. The van der Waals surface area contributed by atoms with Crippen molar-refractivity contribution in [2.45, 2.75) is 33.6 Å². The highest BCUT2D eigenvalue weighted by Crippen LogP contribution is 2.11. The Bertz CT molecular complexity index is 419. The number of oxime groups is 1. The van der Waals surface area contributed by atoms with Crippen LogP contribution in [0.3, 0.4) is 0 Å². The minimum atomic E-state index is 0.00768. The highest BCUT2D eigenvalue weighted by atomic mass is 16.4. The van der Waals surface area contributed by atoms with Crippen LogP contribution in [0.4, 0.5) is 5.95 Å². The van der Waals surface area contributed by atoms with E-state index in [0.29, 0.717) is 11.6 Å². The van der Waals surface area contributed by atoms with Gasteiger partial charge in [0, 0.05) is 18.8 Å². The zero-order chi connectivity index (χ0) is 13.5. The molecule has 0 spiro atoms. The van der Waals surface area contributed by atoms with Gasteiger partial charge in [-0.2, -0.15) is 0 Å². The quantitative estimate of drug-likeness (QED) is 0.346. The molecule has 0 aromatic carbocycles. The highest BCUT2D eigenvalue weighted by molar-refractivity contribution is 5.95. The molecule has 0 amide bonds. The second kappa shape index (κ2) is 6.78. The van der Waals surface area contributed by atoms with E-state index in [9.17, 15) is 0 Å². The molecule has 18 heavy (non-hydrogen) atoms. The van der Waals surface area contributed by atoms with Crippen molar-refractivity contribution in [1.82, 2.24) is 9.97 Å². The molecule has 100 valence electrons. The third kappa shape index (κ3) is 3.58. The van der Waals surface area contributed by atoms with Gasteiger partial charge in [-0.1, -0.05) is 18.5 Å². The second-order valence-corrected chi connectivity index (χ2v) is 4.11. The Balaban J connectivity index is 3.03. The van der Waals surface area contributed by atoms with Crippen LogP contribution in [-0.4, -0.2) is 34.1 Å². The number of unbranched alkanes of at least 4 members (excludes halogenated alkanes) is 1. The number of rotatable bonds is 6. The van der Waals surface area contributed by atoms with Crippen LogP contribution in [0.1, 0.15) is 38.1 Å². The predicted octanol–water partition coefficient (Wildman–Crippen LogP) is 1.51. The van der Waals surface area contributed by atoms with Crippen molar-refractivity contribution >= 4 is 11.8 Å². The van der Waals surface area contributed by atoms with E-state index in [-0.39, 0.29) is 5.84 Å². The van der Waals surface area contributed by atoms with Crippen molar-refractivity contribution < 1.29 is 5.21 Å². The molecule has 0 bridgehead atoms. The molecule has 1 aromatic heterocycles. The maximum Gasteiger partial charge on any atom is 0.226 e. The Kier molecular flexibility index (Phi) is 5.35. The van der Waals surface area contributed by atoms with Crippen LogP contribution < -0.4 is 10.6 Å². The van der Waals surface area contributed by atoms with Gasteiger partial charge in [0.1, 0.15) is 5.69 Å². The molecule has 1 heterocycles. The molecule has 0 saturated heterocycles. The molecule has 0 saturated carbocycles. The normalized spacial score (nSPS) is 11.6. The lowest BCUT2D eigenvalue weighted by Crippen LogP contribution is -2.27. The van der Waals surface area contributed by atoms with Crippen molar-refractivity contribution in [3.63, 3.8) is 0 Å². The number of anilines is 1. The van der Waals surface area contributed by atoms with Crippen LogP contribution in [0.25, 0.3) is 0 Å². The number of hydrogen-bond acceptors (Lipinski definition) is 5. The molecule has 3 N–H and O–H groups in total. The number of hydrogen-bond donors (Lipinski definition) is 2. The summed E-state index contributed by atoms with van der Waals surface area (Å²) in [6, 6.07) is 1.70. The van der Waals surface area contributed by atoms with E-state index < -0.39 is 0 Å². The fourth-order valence-electron chi connectivity index (χ4n) is 1.63. The predicted molar refractivity (Wildman–Crippen MR) is 72.1 cm³/mol. The number of nitrogens with zero attached hydrogens (tertiary/aromatic N) is 4. The third-order valence-electron chi connectivity index (χ3n) is 2.66. The van der Waals surface area contributed by atoms with E-state index in [1.165, 1.54) is 0 Å². The maximum atomic E-state index is 8.70. The van der Waals surface area contributed by atoms with Crippen LogP contribution in [-0.2, 0) is 0 Å². The van der Waals surface area contributed by atoms with Gasteiger partial charge < -0.3 is 15.8 Å². The Morgan fingerprint density at radius 1 is 1.44 bits per heavy atom. The van der Waals surface area contributed by atoms with Gasteiger partial charge in [0.05, 0.1) is 0 Å². The van der Waals surface area contributed by atoms with Crippen LogP contribution in [0, 0.1) is 6.92 Å². The van der Waals surface area contributed by atoms with E-state index in [1.54, 1.807) is 6.07 Å². The number of nitrogens with two attached hydrogens (primary N) is 1. The van der Waals surface area contributed by atoms with Crippen molar-refractivity contribution in [2.75, 3.05) is 18.0 Å². The van der Waals surface area contributed by atoms with Crippen molar-refractivity contribution in [3.8, 4) is 0 Å². The Labute approximate surface area is 108 Å². The maximum absolute atomic E-state index is 8.70. The number of aromatic nitrogens is 2. The third-order valence-corrected chi connectivity index (χ3v) is 2.66. The van der Waals surface area contributed by atoms with Crippen molar-refractivity contribution in [1.29, 1.82) is 0 Å².